The molecule has 7 nitrogen and oxygen atoms in total. The van der Waals surface area contributed by atoms with E-state index in [1.807, 2.05) is 0 Å². The molecule has 108 valence electrons. The fourth-order valence-electron chi connectivity index (χ4n) is 1.17. The molecule has 5 N–H and O–H groups in total. The summed E-state index contributed by atoms with van der Waals surface area (Å²) in [5, 5.41) is 20.2. The standard InChI is InChI=1S/C12H22N4O3/c1-2-13-5-6-14-7-8-15-9-10-16-11(17)3-4-12(18)19/h2-4,13-15H,1,5-10H2,(H,16,17)(H,18,19)/b4-3+. The molecule has 0 aromatic rings. The van der Waals surface area contributed by atoms with E-state index in [9.17, 15) is 9.59 Å². The number of aliphatic carboxylic acids is 1. The maximum absolute atomic E-state index is 11.1. The van der Waals surface area contributed by atoms with Gasteiger partial charge in [-0.15, -0.1) is 0 Å². The Morgan fingerprint density at radius 2 is 1.53 bits per heavy atom. The maximum atomic E-state index is 11.1. The van der Waals surface area contributed by atoms with Crippen molar-refractivity contribution in [3.63, 3.8) is 0 Å². The van der Waals surface area contributed by atoms with Gasteiger partial charge < -0.3 is 26.4 Å². The number of hydrogen-bond donors (Lipinski definition) is 5. The monoisotopic (exact) mass is 270 g/mol. The van der Waals surface area contributed by atoms with E-state index in [2.05, 4.69) is 27.8 Å². The van der Waals surface area contributed by atoms with E-state index in [1.54, 1.807) is 6.20 Å². The number of carboxylic acids is 1. The van der Waals surface area contributed by atoms with Crippen LogP contribution in [0, 0.1) is 0 Å². The van der Waals surface area contributed by atoms with Crippen molar-refractivity contribution in [1.29, 1.82) is 0 Å². The van der Waals surface area contributed by atoms with Gasteiger partial charge in [0.05, 0.1) is 0 Å². The van der Waals surface area contributed by atoms with Gasteiger partial charge in [-0.1, -0.05) is 6.58 Å². The minimum atomic E-state index is -1.13. The van der Waals surface area contributed by atoms with Crippen molar-refractivity contribution in [3.05, 3.63) is 24.9 Å². The summed E-state index contributed by atoms with van der Waals surface area (Å²) in [6.07, 6.45) is 3.46. The molecule has 0 aliphatic carbocycles. The van der Waals surface area contributed by atoms with E-state index in [1.165, 1.54) is 0 Å². The minimum Gasteiger partial charge on any atom is -0.478 e. The van der Waals surface area contributed by atoms with Crippen molar-refractivity contribution < 1.29 is 14.7 Å². The normalized spacial score (nSPS) is 10.3. The summed E-state index contributed by atoms with van der Waals surface area (Å²) in [5.74, 6) is -1.54. The van der Waals surface area contributed by atoms with Crippen LogP contribution in [0.5, 0.6) is 0 Å². The average Bonchev–Trinajstić information content (AvgIpc) is 2.38. The lowest BCUT2D eigenvalue weighted by molar-refractivity contribution is -0.131. The topological polar surface area (TPSA) is 102 Å². The van der Waals surface area contributed by atoms with Crippen molar-refractivity contribution in [1.82, 2.24) is 21.3 Å². The summed E-state index contributed by atoms with van der Waals surface area (Å²) < 4.78 is 0. The van der Waals surface area contributed by atoms with Crippen molar-refractivity contribution in [3.8, 4) is 0 Å². The summed E-state index contributed by atoms with van der Waals surface area (Å²) in [6, 6.07) is 0. The minimum absolute atomic E-state index is 0.405. The number of carbonyl (C=O) groups is 2. The first-order valence-electron chi connectivity index (χ1n) is 6.11. The smallest absolute Gasteiger partial charge is 0.328 e. The van der Waals surface area contributed by atoms with E-state index in [0.717, 1.165) is 38.3 Å². The Bertz CT molecular complexity index is 305. The van der Waals surface area contributed by atoms with Gasteiger partial charge in [-0.2, -0.15) is 0 Å². The highest BCUT2D eigenvalue weighted by molar-refractivity contribution is 5.93. The zero-order valence-corrected chi connectivity index (χ0v) is 10.9. The third-order valence-corrected chi connectivity index (χ3v) is 2.05. The van der Waals surface area contributed by atoms with Crippen LogP contribution in [0.3, 0.4) is 0 Å². The summed E-state index contributed by atoms with van der Waals surface area (Å²) in [6.45, 7) is 7.99. The van der Waals surface area contributed by atoms with E-state index in [-0.39, 0.29) is 0 Å². The summed E-state index contributed by atoms with van der Waals surface area (Å²) >= 11 is 0. The molecule has 0 fully saturated rings. The van der Waals surface area contributed by atoms with Crippen LogP contribution < -0.4 is 21.3 Å². The third-order valence-electron chi connectivity index (χ3n) is 2.05. The van der Waals surface area contributed by atoms with E-state index < -0.39 is 11.9 Å². The van der Waals surface area contributed by atoms with Gasteiger partial charge in [-0.05, 0) is 6.20 Å². The second-order valence-electron chi connectivity index (χ2n) is 3.62. The SMILES string of the molecule is C=CNCCNCCNCCNC(=O)/C=C/C(=O)O. The van der Waals surface area contributed by atoms with E-state index in [4.69, 9.17) is 5.11 Å². The van der Waals surface area contributed by atoms with Crippen LogP contribution in [0.4, 0.5) is 0 Å². The van der Waals surface area contributed by atoms with E-state index >= 15 is 0 Å². The van der Waals surface area contributed by atoms with Crippen LogP contribution in [0.2, 0.25) is 0 Å². The first-order chi connectivity index (χ1) is 9.16. The predicted octanol–water partition coefficient (Wildman–Crippen LogP) is -1.34. The highest BCUT2D eigenvalue weighted by Crippen LogP contribution is 1.73. The number of hydrogen-bond acceptors (Lipinski definition) is 5. The highest BCUT2D eigenvalue weighted by atomic mass is 16.4. The molecule has 0 saturated heterocycles. The molecule has 0 bridgehead atoms. The van der Waals surface area contributed by atoms with Crippen molar-refractivity contribution >= 4 is 11.9 Å². The molecule has 0 unspecified atom stereocenters. The molecular weight excluding hydrogens is 248 g/mol. The molecule has 0 aliphatic rings. The second kappa shape index (κ2) is 12.6. The molecule has 19 heavy (non-hydrogen) atoms. The molecule has 0 aromatic carbocycles. The van der Waals surface area contributed by atoms with Gasteiger partial charge in [0, 0.05) is 51.4 Å². The molecular formula is C12H22N4O3. The van der Waals surface area contributed by atoms with Gasteiger partial charge in [0.15, 0.2) is 0 Å². The molecule has 0 radical (unpaired) electrons. The zero-order valence-electron chi connectivity index (χ0n) is 10.9. The molecule has 0 aromatic heterocycles. The van der Waals surface area contributed by atoms with Crippen LogP contribution in [-0.4, -0.2) is 56.3 Å². The van der Waals surface area contributed by atoms with E-state index in [0.29, 0.717) is 13.1 Å². The predicted molar refractivity (Wildman–Crippen MR) is 73.7 cm³/mol. The number of rotatable bonds is 12. The second-order valence-corrected chi connectivity index (χ2v) is 3.62. The Morgan fingerprint density at radius 3 is 2.11 bits per heavy atom. The van der Waals surface area contributed by atoms with Crippen molar-refractivity contribution in [2.75, 3.05) is 39.3 Å². The van der Waals surface area contributed by atoms with Gasteiger partial charge in [0.2, 0.25) is 5.91 Å². The molecule has 7 heteroatoms. The molecule has 0 aliphatic heterocycles. The molecule has 0 rings (SSSR count). The van der Waals surface area contributed by atoms with Crippen molar-refractivity contribution in [2.24, 2.45) is 0 Å². The number of nitrogens with one attached hydrogen (secondary N) is 4. The maximum Gasteiger partial charge on any atom is 0.328 e. The van der Waals surface area contributed by atoms with Crippen LogP contribution >= 0.6 is 0 Å². The molecule has 0 heterocycles. The summed E-state index contributed by atoms with van der Waals surface area (Å²) in [4.78, 5) is 21.2. The van der Waals surface area contributed by atoms with Crippen LogP contribution in [0.1, 0.15) is 0 Å². The number of carboxylic acid groups (broad SMARTS) is 1. The highest BCUT2D eigenvalue weighted by Gasteiger charge is 1.95. The number of amides is 1. The van der Waals surface area contributed by atoms with Crippen molar-refractivity contribution in [2.45, 2.75) is 0 Å². The number of carbonyl (C=O) groups excluding carboxylic acids is 1. The average molecular weight is 270 g/mol. The molecule has 0 spiro atoms. The lowest BCUT2D eigenvalue weighted by Crippen LogP contribution is -2.35. The third kappa shape index (κ3) is 14.1. The fourth-order valence-corrected chi connectivity index (χ4v) is 1.17. The largest absolute Gasteiger partial charge is 0.478 e. The molecule has 0 saturated carbocycles. The van der Waals surface area contributed by atoms with Gasteiger partial charge >= 0.3 is 5.97 Å². The lowest BCUT2D eigenvalue weighted by atomic mass is 10.4. The fraction of sp³-hybridized carbons (Fsp3) is 0.500. The summed E-state index contributed by atoms with van der Waals surface area (Å²) in [7, 11) is 0. The molecule has 0 atom stereocenters. The van der Waals surface area contributed by atoms with Gasteiger partial charge in [0.25, 0.3) is 0 Å². The first kappa shape index (κ1) is 17.1. The van der Waals surface area contributed by atoms with Gasteiger partial charge in [-0.25, -0.2) is 4.79 Å². The Morgan fingerprint density at radius 1 is 0.947 bits per heavy atom. The van der Waals surface area contributed by atoms with Gasteiger partial charge in [-0.3, -0.25) is 4.79 Å². The Labute approximate surface area is 113 Å². The summed E-state index contributed by atoms with van der Waals surface area (Å²) in [5.41, 5.74) is 0. The Hall–Kier alpha value is -1.86. The Kier molecular flexibility index (Phi) is 11.4. The Balaban J connectivity index is 3.24. The van der Waals surface area contributed by atoms with Crippen LogP contribution in [-0.2, 0) is 9.59 Å². The zero-order chi connectivity index (χ0) is 14.3. The quantitative estimate of drug-likeness (QED) is 0.222. The lowest BCUT2D eigenvalue weighted by Gasteiger charge is -2.07. The molecule has 1 amide bonds. The van der Waals surface area contributed by atoms with Crippen LogP contribution in [0.15, 0.2) is 24.9 Å². The first-order valence-corrected chi connectivity index (χ1v) is 6.11. The van der Waals surface area contributed by atoms with Gasteiger partial charge in [0.1, 0.15) is 0 Å². The van der Waals surface area contributed by atoms with Crippen LogP contribution in [0.25, 0.3) is 0 Å².